The highest BCUT2D eigenvalue weighted by atomic mass is 32.2. The van der Waals surface area contributed by atoms with Gasteiger partial charge in [0, 0.05) is 12.3 Å². The summed E-state index contributed by atoms with van der Waals surface area (Å²) in [7, 11) is 0. The van der Waals surface area contributed by atoms with Gasteiger partial charge in [0.05, 0.1) is 6.54 Å². The number of rotatable bonds is 4. The minimum atomic E-state index is -0.293. The lowest BCUT2D eigenvalue weighted by atomic mass is 9.99. The molecule has 4 nitrogen and oxygen atoms in total. The van der Waals surface area contributed by atoms with E-state index in [0.717, 1.165) is 5.75 Å². The summed E-state index contributed by atoms with van der Waals surface area (Å²) in [4.78, 5) is 25.0. The van der Waals surface area contributed by atoms with Gasteiger partial charge >= 0.3 is 0 Å². The maximum atomic E-state index is 11.7. The topological polar surface area (TPSA) is 49.4 Å². The van der Waals surface area contributed by atoms with E-state index in [4.69, 9.17) is 0 Å². The average Bonchev–Trinajstić information content (AvgIpc) is 2.18. The Balaban J connectivity index is 2.74. The van der Waals surface area contributed by atoms with Crippen LogP contribution >= 0.6 is 11.8 Å². The van der Waals surface area contributed by atoms with Gasteiger partial charge in [0.15, 0.2) is 0 Å². The molecule has 1 unspecified atom stereocenters. The number of hydrogen-bond donors (Lipinski definition) is 1. The van der Waals surface area contributed by atoms with Gasteiger partial charge in [-0.15, -0.1) is 0 Å². The molecule has 1 N–H and O–H groups in total. The molecule has 0 spiro atoms. The van der Waals surface area contributed by atoms with Gasteiger partial charge < -0.3 is 10.2 Å². The number of nitrogens with zero attached hydrogens (tertiary/aromatic N) is 1. The summed E-state index contributed by atoms with van der Waals surface area (Å²) in [5, 5.41) is 2.63. The van der Waals surface area contributed by atoms with Crippen molar-refractivity contribution in [3.8, 4) is 0 Å². The first-order chi connectivity index (χ1) is 7.07. The van der Waals surface area contributed by atoms with E-state index in [9.17, 15) is 9.59 Å². The van der Waals surface area contributed by atoms with Crippen LogP contribution in [0.15, 0.2) is 0 Å². The summed E-state index contributed by atoms with van der Waals surface area (Å²) in [6.07, 6.45) is 2.00. The molecule has 0 saturated carbocycles. The molecule has 0 bridgehead atoms. The van der Waals surface area contributed by atoms with Crippen LogP contribution in [-0.4, -0.2) is 47.9 Å². The van der Waals surface area contributed by atoms with Crippen LogP contribution in [0.1, 0.15) is 13.8 Å². The Morgan fingerprint density at radius 1 is 1.53 bits per heavy atom. The van der Waals surface area contributed by atoms with Gasteiger partial charge in [0.25, 0.3) is 0 Å². The van der Waals surface area contributed by atoms with Crippen molar-refractivity contribution in [2.75, 3.05) is 25.1 Å². The number of piperazine rings is 1. The monoisotopic (exact) mass is 230 g/mol. The summed E-state index contributed by atoms with van der Waals surface area (Å²) < 4.78 is 0. The second-order valence-electron chi connectivity index (χ2n) is 3.99. The van der Waals surface area contributed by atoms with E-state index in [2.05, 4.69) is 5.32 Å². The lowest BCUT2D eigenvalue weighted by Crippen LogP contribution is -2.60. The fourth-order valence-corrected chi connectivity index (χ4v) is 2.16. The number of carbonyl (C=O) groups excluding carboxylic acids is 2. The zero-order valence-corrected chi connectivity index (χ0v) is 10.3. The molecule has 0 aromatic rings. The molecule has 1 heterocycles. The van der Waals surface area contributed by atoms with Crippen LogP contribution in [0.25, 0.3) is 0 Å². The van der Waals surface area contributed by atoms with Crippen molar-refractivity contribution in [1.29, 1.82) is 0 Å². The summed E-state index contributed by atoms with van der Waals surface area (Å²) in [6.45, 7) is 4.75. The second kappa shape index (κ2) is 5.39. The zero-order chi connectivity index (χ0) is 11.4. The molecule has 1 atom stereocenters. The van der Waals surface area contributed by atoms with Gasteiger partial charge in [-0.05, 0) is 12.2 Å². The molecule has 1 aliphatic rings. The minimum absolute atomic E-state index is 0.0225. The smallest absolute Gasteiger partial charge is 0.243 e. The van der Waals surface area contributed by atoms with Gasteiger partial charge in [-0.3, -0.25) is 9.59 Å². The predicted octanol–water partition coefficient (Wildman–Crippen LogP) is 0.332. The molecule has 0 radical (unpaired) electrons. The first-order valence-electron chi connectivity index (χ1n) is 5.14. The molecule has 0 aromatic carbocycles. The van der Waals surface area contributed by atoms with Crippen molar-refractivity contribution < 1.29 is 9.59 Å². The number of hydrogen-bond acceptors (Lipinski definition) is 3. The maximum Gasteiger partial charge on any atom is 0.243 e. The first kappa shape index (κ1) is 12.4. The lowest BCUT2D eigenvalue weighted by Gasteiger charge is -2.37. The molecule has 2 amide bonds. The van der Waals surface area contributed by atoms with E-state index < -0.39 is 0 Å². The SMILES string of the molecule is CSCCN1C(=O)CNC(=O)C1C(C)C. The minimum Gasteiger partial charge on any atom is -0.345 e. The standard InChI is InChI=1S/C10H18N2O2S/c1-7(2)9-10(14)11-6-8(13)12(9)4-5-15-3/h7,9H,4-6H2,1-3H3,(H,11,14). The normalized spacial score (nSPS) is 22.1. The number of amides is 2. The third kappa shape index (κ3) is 2.87. The van der Waals surface area contributed by atoms with Gasteiger partial charge in [-0.1, -0.05) is 13.8 Å². The molecular weight excluding hydrogens is 212 g/mol. The Labute approximate surface area is 94.8 Å². The van der Waals surface area contributed by atoms with Crippen molar-refractivity contribution in [1.82, 2.24) is 10.2 Å². The van der Waals surface area contributed by atoms with E-state index in [1.54, 1.807) is 16.7 Å². The highest BCUT2D eigenvalue weighted by molar-refractivity contribution is 7.98. The molecule has 0 aliphatic carbocycles. The molecular formula is C10H18N2O2S. The fourth-order valence-electron chi connectivity index (χ4n) is 1.78. The zero-order valence-electron chi connectivity index (χ0n) is 9.45. The third-order valence-electron chi connectivity index (χ3n) is 2.51. The van der Waals surface area contributed by atoms with E-state index in [1.807, 2.05) is 20.1 Å². The molecule has 86 valence electrons. The van der Waals surface area contributed by atoms with Crippen LogP contribution < -0.4 is 5.32 Å². The fraction of sp³-hybridized carbons (Fsp3) is 0.800. The first-order valence-corrected chi connectivity index (χ1v) is 6.53. The molecule has 5 heteroatoms. The van der Waals surface area contributed by atoms with Crippen molar-refractivity contribution in [2.45, 2.75) is 19.9 Å². The summed E-state index contributed by atoms with van der Waals surface area (Å²) in [5.41, 5.74) is 0. The van der Waals surface area contributed by atoms with E-state index in [-0.39, 0.29) is 30.3 Å². The Kier molecular flexibility index (Phi) is 4.45. The van der Waals surface area contributed by atoms with Gasteiger partial charge in [-0.25, -0.2) is 0 Å². The highest BCUT2D eigenvalue weighted by Crippen LogP contribution is 2.15. The molecule has 1 rings (SSSR count). The number of thioether (sulfide) groups is 1. The van der Waals surface area contributed by atoms with Crippen LogP contribution in [0.4, 0.5) is 0 Å². The maximum absolute atomic E-state index is 11.7. The molecule has 1 fully saturated rings. The number of nitrogens with one attached hydrogen (secondary N) is 1. The van der Waals surface area contributed by atoms with Crippen molar-refractivity contribution >= 4 is 23.6 Å². The van der Waals surface area contributed by atoms with Crippen molar-refractivity contribution in [2.24, 2.45) is 5.92 Å². The van der Waals surface area contributed by atoms with Gasteiger partial charge in [0.1, 0.15) is 6.04 Å². The van der Waals surface area contributed by atoms with Crippen LogP contribution in [0.3, 0.4) is 0 Å². The molecule has 1 aliphatic heterocycles. The van der Waals surface area contributed by atoms with Crippen molar-refractivity contribution in [3.63, 3.8) is 0 Å². The van der Waals surface area contributed by atoms with E-state index >= 15 is 0 Å². The third-order valence-corrected chi connectivity index (χ3v) is 3.10. The van der Waals surface area contributed by atoms with Crippen LogP contribution in [0.2, 0.25) is 0 Å². The second-order valence-corrected chi connectivity index (χ2v) is 4.97. The summed E-state index contributed by atoms with van der Waals surface area (Å²) >= 11 is 1.69. The average molecular weight is 230 g/mol. The van der Waals surface area contributed by atoms with Gasteiger partial charge in [0.2, 0.25) is 11.8 Å². The summed E-state index contributed by atoms with van der Waals surface area (Å²) in [6, 6.07) is -0.293. The van der Waals surface area contributed by atoms with Gasteiger partial charge in [-0.2, -0.15) is 11.8 Å². The van der Waals surface area contributed by atoms with E-state index in [1.165, 1.54) is 0 Å². The van der Waals surface area contributed by atoms with Crippen molar-refractivity contribution in [3.05, 3.63) is 0 Å². The Bertz CT molecular complexity index is 256. The predicted molar refractivity (Wildman–Crippen MR) is 61.7 cm³/mol. The van der Waals surface area contributed by atoms with E-state index in [0.29, 0.717) is 6.54 Å². The quantitative estimate of drug-likeness (QED) is 0.757. The van der Waals surface area contributed by atoms with Crippen LogP contribution in [0, 0.1) is 5.92 Å². The number of carbonyl (C=O) groups is 2. The highest BCUT2D eigenvalue weighted by Gasteiger charge is 2.35. The Hall–Kier alpha value is -0.710. The molecule has 15 heavy (non-hydrogen) atoms. The van der Waals surface area contributed by atoms with Crippen LogP contribution in [0.5, 0.6) is 0 Å². The van der Waals surface area contributed by atoms with Crippen LogP contribution in [-0.2, 0) is 9.59 Å². The lowest BCUT2D eigenvalue weighted by molar-refractivity contribution is -0.147. The Morgan fingerprint density at radius 3 is 2.73 bits per heavy atom. The largest absolute Gasteiger partial charge is 0.345 e. The molecule has 0 aromatic heterocycles. The summed E-state index contributed by atoms with van der Waals surface area (Å²) in [5.74, 6) is 1.05. The molecule has 1 saturated heterocycles. The Morgan fingerprint density at radius 2 is 2.20 bits per heavy atom.